The quantitative estimate of drug-likeness (QED) is 0.868. The number of benzene rings is 1. The second kappa shape index (κ2) is 7.21. The van der Waals surface area contributed by atoms with Crippen LogP contribution in [0.2, 0.25) is 0 Å². The van der Waals surface area contributed by atoms with Crippen LogP contribution in [0.3, 0.4) is 0 Å². The number of aromatic nitrogens is 2. The Morgan fingerprint density at radius 1 is 1.04 bits per heavy atom. The fourth-order valence-corrected chi connectivity index (χ4v) is 3.03. The molecule has 0 unspecified atom stereocenters. The van der Waals surface area contributed by atoms with Gasteiger partial charge in [-0.05, 0) is 36.0 Å². The summed E-state index contributed by atoms with van der Waals surface area (Å²) in [5, 5.41) is 6.21. The van der Waals surface area contributed by atoms with Crippen molar-refractivity contribution in [1.82, 2.24) is 9.97 Å². The number of amides is 1. The molecule has 2 N–H and O–H groups in total. The summed E-state index contributed by atoms with van der Waals surface area (Å²) in [7, 11) is 0. The van der Waals surface area contributed by atoms with Crippen LogP contribution in [0.5, 0.6) is 0 Å². The molecule has 132 valence electrons. The Labute approximate surface area is 149 Å². The molecule has 5 heteroatoms. The van der Waals surface area contributed by atoms with Crippen LogP contribution >= 0.6 is 0 Å². The second-order valence-corrected chi connectivity index (χ2v) is 7.70. The minimum Gasteiger partial charge on any atom is -0.351 e. The van der Waals surface area contributed by atoms with E-state index >= 15 is 0 Å². The molecule has 5 nitrogen and oxygen atoms in total. The number of nitrogens with one attached hydrogen (secondary N) is 2. The van der Waals surface area contributed by atoms with Gasteiger partial charge in [0.1, 0.15) is 0 Å². The molecule has 0 aliphatic heterocycles. The fourth-order valence-electron chi connectivity index (χ4n) is 3.03. The van der Waals surface area contributed by atoms with Crippen molar-refractivity contribution in [2.75, 3.05) is 10.6 Å². The molecule has 0 spiro atoms. The molecule has 25 heavy (non-hydrogen) atoms. The lowest BCUT2D eigenvalue weighted by Gasteiger charge is -2.19. The molecular formula is C20H26N4O. The van der Waals surface area contributed by atoms with E-state index in [-0.39, 0.29) is 11.3 Å². The number of hydrogen-bond donors (Lipinski definition) is 2. The molecule has 1 aliphatic carbocycles. The lowest BCUT2D eigenvalue weighted by Crippen LogP contribution is -2.18. The summed E-state index contributed by atoms with van der Waals surface area (Å²) in [6.07, 6.45) is 7.98. The average molecular weight is 338 g/mol. The molecule has 1 heterocycles. The van der Waals surface area contributed by atoms with Gasteiger partial charge in [-0.15, -0.1) is 0 Å². The Bertz CT molecular complexity index is 711. The average Bonchev–Trinajstić information content (AvgIpc) is 3.08. The molecule has 1 saturated carbocycles. The van der Waals surface area contributed by atoms with E-state index in [1.807, 2.05) is 24.3 Å². The number of carbonyl (C=O) groups excluding carboxylic acids is 1. The zero-order valence-electron chi connectivity index (χ0n) is 15.2. The molecule has 2 aromatic rings. The predicted molar refractivity (Wildman–Crippen MR) is 101 cm³/mol. The maximum Gasteiger partial charge on any atom is 0.258 e. The van der Waals surface area contributed by atoms with Gasteiger partial charge in [-0.1, -0.05) is 45.7 Å². The van der Waals surface area contributed by atoms with E-state index in [2.05, 4.69) is 41.4 Å². The van der Waals surface area contributed by atoms with E-state index < -0.39 is 0 Å². The van der Waals surface area contributed by atoms with Crippen molar-refractivity contribution in [3.63, 3.8) is 0 Å². The highest BCUT2D eigenvalue weighted by Gasteiger charge is 2.16. The summed E-state index contributed by atoms with van der Waals surface area (Å²) < 4.78 is 0. The standard InChI is InChI=1S/C20H26N4O/c1-20(2,3)15-8-10-17(11-9-15)23-18(25)14-12-21-19(22-13-14)24-16-6-4-5-7-16/h8-13,16H,4-7H2,1-3H3,(H,23,25)(H,21,22,24). The van der Waals surface area contributed by atoms with E-state index in [0.717, 1.165) is 18.5 Å². The molecule has 0 radical (unpaired) electrons. The summed E-state index contributed by atoms with van der Waals surface area (Å²) in [6, 6.07) is 8.40. The van der Waals surface area contributed by atoms with Crippen LogP contribution in [0.15, 0.2) is 36.7 Å². The number of nitrogens with zero attached hydrogens (tertiary/aromatic N) is 2. The van der Waals surface area contributed by atoms with E-state index in [1.54, 1.807) is 12.4 Å². The van der Waals surface area contributed by atoms with E-state index in [1.165, 1.54) is 18.4 Å². The summed E-state index contributed by atoms with van der Waals surface area (Å²) in [5.41, 5.74) is 2.55. The monoisotopic (exact) mass is 338 g/mol. The lowest BCUT2D eigenvalue weighted by molar-refractivity contribution is 0.102. The first-order chi connectivity index (χ1) is 11.9. The minimum atomic E-state index is -0.198. The van der Waals surface area contributed by atoms with Gasteiger partial charge >= 0.3 is 0 Å². The molecule has 0 atom stereocenters. The lowest BCUT2D eigenvalue weighted by atomic mass is 9.87. The van der Waals surface area contributed by atoms with Gasteiger partial charge < -0.3 is 10.6 Å². The SMILES string of the molecule is CC(C)(C)c1ccc(NC(=O)c2cnc(NC3CCCC3)nc2)cc1. The Hall–Kier alpha value is -2.43. The number of carbonyl (C=O) groups is 1. The van der Waals surface area contributed by atoms with Crippen molar-refractivity contribution in [3.05, 3.63) is 47.8 Å². The summed E-state index contributed by atoms with van der Waals surface area (Å²) in [4.78, 5) is 20.9. The maximum absolute atomic E-state index is 12.3. The van der Waals surface area contributed by atoms with Gasteiger partial charge in [0.25, 0.3) is 5.91 Å². The molecule has 0 saturated heterocycles. The summed E-state index contributed by atoms with van der Waals surface area (Å²) in [5.74, 6) is 0.397. The van der Waals surface area contributed by atoms with Crippen molar-refractivity contribution in [3.8, 4) is 0 Å². The molecule has 1 aromatic carbocycles. The minimum absolute atomic E-state index is 0.0958. The Morgan fingerprint density at radius 2 is 1.64 bits per heavy atom. The van der Waals surface area contributed by atoms with Crippen LogP contribution in [0.25, 0.3) is 0 Å². The second-order valence-electron chi connectivity index (χ2n) is 7.70. The molecule has 1 amide bonds. The van der Waals surface area contributed by atoms with Crippen molar-refractivity contribution >= 4 is 17.5 Å². The molecular weight excluding hydrogens is 312 g/mol. The third kappa shape index (κ3) is 4.56. The number of anilines is 2. The highest BCUT2D eigenvalue weighted by atomic mass is 16.1. The van der Waals surface area contributed by atoms with Crippen LogP contribution in [0.4, 0.5) is 11.6 Å². The van der Waals surface area contributed by atoms with Gasteiger partial charge in [0.2, 0.25) is 5.95 Å². The maximum atomic E-state index is 12.3. The van der Waals surface area contributed by atoms with Gasteiger partial charge in [-0.25, -0.2) is 9.97 Å². The van der Waals surface area contributed by atoms with Crippen molar-refractivity contribution in [2.45, 2.75) is 57.9 Å². The van der Waals surface area contributed by atoms with E-state index in [9.17, 15) is 4.79 Å². The molecule has 0 bridgehead atoms. The largest absolute Gasteiger partial charge is 0.351 e. The van der Waals surface area contributed by atoms with Gasteiger partial charge in [-0.3, -0.25) is 4.79 Å². The highest BCUT2D eigenvalue weighted by molar-refractivity contribution is 6.03. The van der Waals surface area contributed by atoms with Gasteiger partial charge in [-0.2, -0.15) is 0 Å². The highest BCUT2D eigenvalue weighted by Crippen LogP contribution is 2.24. The molecule has 1 aromatic heterocycles. The molecule has 3 rings (SSSR count). The first-order valence-electron chi connectivity index (χ1n) is 8.92. The Balaban J connectivity index is 1.60. The number of hydrogen-bond acceptors (Lipinski definition) is 4. The topological polar surface area (TPSA) is 66.9 Å². The Morgan fingerprint density at radius 3 is 2.20 bits per heavy atom. The van der Waals surface area contributed by atoms with Crippen LogP contribution in [-0.4, -0.2) is 21.9 Å². The summed E-state index contributed by atoms with van der Waals surface area (Å²) in [6.45, 7) is 6.50. The predicted octanol–water partition coefficient (Wildman–Crippen LogP) is 4.38. The van der Waals surface area contributed by atoms with E-state index in [0.29, 0.717) is 17.6 Å². The smallest absolute Gasteiger partial charge is 0.258 e. The van der Waals surface area contributed by atoms with Crippen molar-refractivity contribution in [2.24, 2.45) is 0 Å². The molecule has 1 fully saturated rings. The molecule has 1 aliphatic rings. The summed E-state index contributed by atoms with van der Waals surface area (Å²) >= 11 is 0. The van der Waals surface area contributed by atoms with Gasteiger partial charge in [0.05, 0.1) is 5.56 Å². The fraction of sp³-hybridized carbons (Fsp3) is 0.450. The van der Waals surface area contributed by atoms with Crippen LogP contribution in [0, 0.1) is 0 Å². The third-order valence-electron chi connectivity index (χ3n) is 4.61. The first kappa shape index (κ1) is 17.4. The van der Waals surface area contributed by atoms with Crippen molar-refractivity contribution < 1.29 is 4.79 Å². The van der Waals surface area contributed by atoms with Gasteiger partial charge in [0.15, 0.2) is 0 Å². The number of rotatable bonds is 4. The first-order valence-corrected chi connectivity index (χ1v) is 8.92. The third-order valence-corrected chi connectivity index (χ3v) is 4.61. The van der Waals surface area contributed by atoms with Crippen LogP contribution in [0.1, 0.15) is 62.4 Å². The normalized spacial score (nSPS) is 15.2. The zero-order chi connectivity index (χ0) is 17.9. The Kier molecular flexibility index (Phi) is 5.02. The van der Waals surface area contributed by atoms with E-state index in [4.69, 9.17) is 0 Å². The van der Waals surface area contributed by atoms with Crippen LogP contribution < -0.4 is 10.6 Å². The van der Waals surface area contributed by atoms with Crippen LogP contribution in [-0.2, 0) is 5.41 Å². The zero-order valence-corrected chi connectivity index (χ0v) is 15.2. The van der Waals surface area contributed by atoms with Gasteiger partial charge in [0, 0.05) is 24.1 Å². The van der Waals surface area contributed by atoms with Crippen molar-refractivity contribution in [1.29, 1.82) is 0 Å².